The first kappa shape index (κ1) is 51.6. The van der Waals surface area contributed by atoms with Crippen molar-refractivity contribution in [2.75, 3.05) is 26.4 Å². The molecule has 2 fully saturated rings. The number of aliphatic hydroxyl groups excluding tert-OH is 7. The van der Waals surface area contributed by atoms with Gasteiger partial charge >= 0.3 is 11.9 Å². The summed E-state index contributed by atoms with van der Waals surface area (Å²) in [4.78, 5) is 25.5. The third-order valence-electron chi connectivity index (χ3n) is 10.8. The molecule has 0 unspecified atom stereocenters. The van der Waals surface area contributed by atoms with Gasteiger partial charge in [0.15, 0.2) is 18.7 Å². The molecular formula is C42H78O15. The van der Waals surface area contributed by atoms with Gasteiger partial charge in [-0.3, -0.25) is 9.59 Å². The minimum Gasteiger partial charge on any atom is -0.462 e. The smallest absolute Gasteiger partial charge is 0.306 e. The number of ether oxygens (including phenoxy) is 6. The van der Waals surface area contributed by atoms with Crippen LogP contribution < -0.4 is 0 Å². The lowest BCUT2D eigenvalue weighted by atomic mass is 9.98. The van der Waals surface area contributed by atoms with E-state index in [1.165, 1.54) is 83.5 Å². The van der Waals surface area contributed by atoms with Crippen molar-refractivity contribution in [3.8, 4) is 0 Å². The molecule has 0 bridgehead atoms. The van der Waals surface area contributed by atoms with Crippen molar-refractivity contribution in [2.45, 2.75) is 229 Å². The highest BCUT2D eigenvalue weighted by atomic mass is 16.7. The van der Waals surface area contributed by atoms with Crippen molar-refractivity contribution in [3.63, 3.8) is 0 Å². The van der Waals surface area contributed by atoms with Crippen molar-refractivity contribution in [2.24, 2.45) is 0 Å². The molecule has 15 heteroatoms. The molecule has 7 N–H and O–H groups in total. The Morgan fingerprint density at radius 2 is 0.895 bits per heavy atom. The molecule has 2 heterocycles. The van der Waals surface area contributed by atoms with Gasteiger partial charge in [-0.15, -0.1) is 0 Å². The Kier molecular flexibility index (Phi) is 28.4. The Hall–Kier alpha value is -1.50. The summed E-state index contributed by atoms with van der Waals surface area (Å²) in [5, 5.41) is 71.7. The summed E-state index contributed by atoms with van der Waals surface area (Å²) in [6.45, 7) is 2.55. The van der Waals surface area contributed by atoms with E-state index in [-0.39, 0.29) is 26.1 Å². The van der Waals surface area contributed by atoms with Gasteiger partial charge in [0.05, 0.1) is 19.8 Å². The molecule has 2 saturated heterocycles. The van der Waals surface area contributed by atoms with Crippen LogP contribution in [0, 0.1) is 0 Å². The predicted octanol–water partition coefficient (Wildman–Crippen LogP) is 4.09. The number of rotatable bonds is 33. The highest BCUT2D eigenvalue weighted by molar-refractivity contribution is 5.70. The zero-order chi connectivity index (χ0) is 41.8. The Morgan fingerprint density at radius 3 is 1.37 bits per heavy atom. The van der Waals surface area contributed by atoms with Crippen LogP contribution in [0.5, 0.6) is 0 Å². The largest absolute Gasteiger partial charge is 0.462 e. The summed E-state index contributed by atoms with van der Waals surface area (Å²) >= 11 is 0. The van der Waals surface area contributed by atoms with Crippen LogP contribution in [0.3, 0.4) is 0 Å². The summed E-state index contributed by atoms with van der Waals surface area (Å²) in [5.74, 6) is -0.921. The molecule has 57 heavy (non-hydrogen) atoms. The summed E-state index contributed by atoms with van der Waals surface area (Å²) in [6.07, 6.45) is 7.30. The normalized spacial score (nSPS) is 28.3. The van der Waals surface area contributed by atoms with Crippen molar-refractivity contribution in [1.29, 1.82) is 0 Å². The second-order valence-corrected chi connectivity index (χ2v) is 15.9. The second kappa shape index (κ2) is 31.4. The molecule has 0 saturated carbocycles. The summed E-state index contributed by atoms with van der Waals surface area (Å²) < 4.78 is 33.4. The lowest BCUT2D eigenvalue weighted by molar-refractivity contribution is -0.332. The Bertz CT molecular complexity index is 1020. The van der Waals surface area contributed by atoms with Crippen LogP contribution in [-0.2, 0) is 38.0 Å². The molecule has 0 aromatic carbocycles. The zero-order valence-electron chi connectivity index (χ0n) is 34.8. The van der Waals surface area contributed by atoms with E-state index in [9.17, 15) is 45.3 Å². The van der Waals surface area contributed by atoms with Gasteiger partial charge in [-0.05, 0) is 12.8 Å². The predicted molar refractivity (Wildman–Crippen MR) is 211 cm³/mol. The van der Waals surface area contributed by atoms with Gasteiger partial charge < -0.3 is 64.2 Å². The van der Waals surface area contributed by atoms with E-state index < -0.39 is 92.7 Å². The van der Waals surface area contributed by atoms with E-state index >= 15 is 0 Å². The van der Waals surface area contributed by atoms with Crippen LogP contribution in [0.1, 0.15) is 162 Å². The molecule has 11 atom stereocenters. The number of carbonyl (C=O) groups excluding carboxylic acids is 2. The Labute approximate surface area is 340 Å². The Balaban J connectivity index is 1.87. The van der Waals surface area contributed by atoms with Crippen molar-refractivity contribution >= 4 is 11.9 Å². The maximum absolute atomic E-state index is 12.9. The van der Waals surface area contributed by atoms with E-state index in [4.69, 9.17) is 28.4 Å². The van der Waals surface area contributed by atoms with Crippen molar-refractivity contribution < 1.29 is 73.8 Å². The minimum absolute atomic E-state index is 0.172. The standard InChI is InChI=1S/C42H78O15/c1-3-5-7-9-11-13-15-17-19-21-23-25-34(45)55-30(27-52-33(44)24-22-20-18-16-14-12-10-8-6-4-2)28-53-41-40(51)38(49)36(47)32(57-41)29-54-42-39(50)37(48)35(46)31(26-43)56-42/h30-32,35-43,46-51H,3-29H2,1-2H3/t30-,31-,32-,35+,36+,37+,38+,39-,40-,41-,42+/m1/s1. The van der Waals surface area contributed by atoms with Crippen molar-refractivity contribution in [1.82, 2.24) is 0 Å². The van der Waals surface area contributed by atoms with E-state index in [0.29, 0.717) is 12.8 Å². The molecule has 2 aliphatic heterocycles. The molecule has 0 spiro atoms. The average Bonchev–Trinajstić information content (AvgIpc) is 3.20. The molecule has 0 aromatic rings. The number of aliphatic hydroxyl groups is 7. The number of unbranched alkanes of at least 4 members (excludes halogenated alkanes) is 19. The molecule has 336 valence electrons. The third-order valence-corrected chi connectivity index (χ3v) is 10.8. The van der Waals surface area contributed by atoms with Gasteiger partial charge in [-0.1, -0.05) is 136 Å². The molecule has 2 rings (SSSR count). The van der Waals surface area contributed by atoms with Gasteiger partial charge in [-0.25, -0.2) is 0 Å². The fourth-order valence-electron chi connectivity index (χ4n) is 7.10. The van der Waals surface area contributed by atoms with Gasteiger partial charge in [0, 0.05) is 12.8 Å². The van der Waals surface area contributed by atoms with Gasteiger partial charge in [0.25, 0.3) is 0 Å². The first-order valence-electron chi connectivity index (χ1n) is 22.1. The van der Waals surface area contributed by atoms with Gasteiger partial charge in [-0.2, -0.15) is 0 Å². The molecule has 0 radical (unpaired) electrons. The van der Waals surface area contributed by atoms with E-state index in [2.05, 4.69) is 13.8 Å². The molecule has 15 nitrogen and oxygen atoms in total. The highest BCUT2D eigenvalue weighted by Gasteiger charge is 2.47. The lowest BCUT2D eigenvalue weighted by Gasteiger charge is -2.42. The number of carbonyl (C=O) groups is 2. The first-order valence-corrected chi connectivity index (χ1v) is 22.1. The maximum atomic E-state index is 12.9. The first-order chi connectivity index (χ1) is 27.5. The quantitative estimate of drug-likeness (QED) is 0.0365. The van der Waals surface area contributed by atoms with Crippen LogP contribution in [0.4, 0.5) is 0 Å². The van der Waals surface area contributed by atoms with E-state index in [1.807, 2.05) is 0 Å². The topological polar surface area (TPSA) is 231 Å². The lowest BCUT2D eigenvalue weighted by Crippen LogP contribution is -2.61. The molecule has 0 amide bonds. The van der Waals surface area contributed by atoms with Crippen LogP contribution in [0.25, 0.3) is 0 Å². The van der Waals surface area contributed by atoms with Crippen LogP contribution >= 0.6 is 0 Å². The minimum atomic E-state index is -1.76. The molecular weight excluding hydrogens is 744 g/mol. The summed E-state index contributed by atoms with van der Waals surface area (Å²) in [5.41, 5.74) is 0. The fourth-order valence-corrected chi connectivity index (χ4v) is 7.10. The van der Waals surface area contributed by atoms with E-state index in [1.54, 1.807) is 0 Å². The van der Waals surface area contributed by atoms with Gasteiger partial charge in [0.1, 0.15) is 55.4 Å². The number of hydrogen-bond donors (Lipinski definition) is 7. The van der Waals surface area contributed by atoms with Gasteiger partial charge in [0.2, 0.25) is 0 Å². The van der Waals surface area contributed by atoms with Crippen LogP contribution in [0.2, 0.25) is 0 Å². The highest BCUT2D eigenvalue weighted by Crippen LogP contribution is 2.26. The molecule has 0 aromatic heterocycles. The average molecular weight is 823 g/mol. The third kappa shape index (κ3) is 21.0. The second-order valence-electron chi connectivity index (χ2n) is 15.9. The Morgan fingerprint density at radius 1 is 0.491 bits per heavy atom. The maximum Gasteiger partial charge on any atom is 0.306 e. The monoisotopic (exact) mass is 823 g/mol. The van der Waals surface area contributed by atoms with E-state index in [0.717, 1.165) is 38.5 Å². The molecule has 0 aliphatic carbocycles. The van der Waals surface area contributed by atoms with Crippen LogP contribution in [0.15, 0.2) is 0 Å². The SMILES string of the molecule is CCCCCCCCCCCCCC(=O)O[C@H](COC(=O)CCCCCCCCCCCC)CO[C@@H]1O[C@H](CO[C@H]2O[C@H](CO)[C@H](O)[C@H](O)[C@H]2O)[C@H](O)[C@H](O)[C@H]1O. The number of hydrogen-bond acceptors (Lipinski definition) is 15. The summed E-state index contributed by atoms with van der Waals surface area (Å²) in [6, 6.07) is 0. The van der Waals surface area contributed by atoms with Crippen LogP contribution in [-0.4, -0.2) is 142 Å². The fraction of sp³-hybridized carbons (Fsp3) is 0.952. The number of esters is 2. The summed E-state index contributed by atoms with van der Waals surface area (Å²) in [7, 11) is 0. The zero-order valence-corrected chi connectivity index (χ0v) is 34.8. The van der Waals surface area contributed by atoms with Crippen molar-refractivity contribution in [3.05, 3.63) is 0 Å². The molecule has 2 aliphatic rings.